The van der Waals surface area contributed by atoms with Crippen molar-refractivity contribution in [2.75, 3.05) is 13.7 Å². The molecule has 1 atom stereocenters. The summed E-state index contributed by atoms with van der Waals surface area (Å²) in [4.78, 5) is 14.8. The third kappa shape index (κ3) is 2.86. The van der Waals surface area contributed by atoms with Crippen molar-refractivity contribution in [3.05, 3.63) is 101 Å². The van der Waals surface area contributed by atoms with Crippen molar-refractivity contribution in [1.82, 2.24) is 4.90 Å². The molecule has 4 nitrogen and oxygen atoms in total. The summed E-state index contributed by atoms with van der Waals surface area (Å²) in [7, 11) is 1.64. The number of methoxy groups -OCH3 is 1. The van der Waals surface area contributed by atoms with Gasteiger partial charge in [0, 0.05) is 23.2 Å². The Morgan fingerprint density at radius 2 is 1.68 bits per heavy atom. The molecule has 3 aromatic rings. The Morgan fingerprint density at radius 3 is 2.43 bits per heavy atom. The summed E-state index contributed by atoms with van der Waals surface area (Å²) < 4.78 is 5.29. The fourth-order valence-electron chi connectivity index (χ4n) is 4.00. The van der Waals surface area contributed by atoms with Gasteiger partial charge in [0.1, 0.15) is 5.75 Å². The molecular weight excluding hydrogens is 350 g/mol. The van der Waals surface area contributed by atoms with Crippen LogP contribution >= 0.6 is 0 Å². The number of hydrogen-bond donors (Lipinski definition) is 1. The van der Waals surface area contributed by atoms with Crippen LogP contribution in [-0.2, 0) is 12.1 Å². The summed E-state index contributed by atoms with van der Waals surface area (Å²) in [5, 5.41) is 11.9. The van der Waals surface area contributed by atoms with Crippen LogP contribution < -0.4 is 4.74 Å². The molecule has 0 saturated heterocycles. The Kier molecular flexibility index (Phi) is 4.65. The van der Waals surface area contributed by atoms with Crippen LogP contribution in [0.1, 0.15) is 32.6 Å². The number of carbonyl (C=O) groups is 1. The highest BCUT2D eigenvalue weighted by molar-refractivity contribution is 6.00. The van der Waals surface area contributed by atoms with Gasteiger partial charge in [-0.05, 0) is 42.7 Å². The van der Waals surface area contributed by atoms with Crippen molar-refractivity contribution >= 4 is 5.91 Å². The Morgan fingerprint density at radius 1 is 0.964 bits per heavy atom. The minimum absolute atomic E-state index is 0.149. The van der Waals surface area contributed by atoms with Gasteiger partial charge in [-0.25, -0.2) is 0 Å². The highest BCUT2D eigenvalue weighted by Crippen LogP contribution is 2.43. The zero-order valence-electron chi connectivity index (χ0n) is 16.1. The van der Waals surface area contributed by atoms with E-state index < -0.39 is 5.72 Å². The molecule has 1 amide bonds. The number of nitrogens with zero attached hydrogens (tertiary/aromatic N) is 1. The Hall–Kier alpha value is -3.11. The number of carbonyl (C=O) groups excluding carboxylic acids is 1. The molecular formula is C24H23NO3. The molecule has 1 heterocycles. The molecule has 1 N–H and O–H groups in total. The van der Waals surface area contributed by atoms with Crippen LogP contribution in [0.5, 0.6) is 5.75 Å². The normalized spacial score (nSPS) is 18.2. The average molecular weight is 373 g/mol. The van der Waals surface area contributed by atoms with Gasteiger partial charge in [-0.2, -0.15) is 0 Å². The third-order valence-electron chi connectivity index (χ3n) is 5.45. The number of fused-ring (bicyclic) bond motifs is 1. The van der Waals surface area contributed by atoms with Gasteiger partial charge in [-0.1, -0.05) is 54.6 Å². The standard InChI is InChI=1S/C24H23NO3/c1-17-8-3-5-12-21(17)24(27)22-13-6-4-11-20(22)23(26)25(24)15-14-18-9-7-10-19(16-18)28-2/h3-13,16,27H,14-15H2,1-2H3. The summed E-state index contributed by atoms with van der Waals surface area (Å²) in [6.07, 6.45) is 0.616. The molecule has 4 rings (SSSR count). The molecule has 1 aliphatic rings. The Labute approximate surface area is 165 Å². The van der Waals surface area contributed by atoms with E-state index in [0.29, 0.717) is 24.1 Å². The van der Waals surface area contributed by atoms with Gasteiger partial charge in [0.05, 0.1) is 7.11 Å². The van der Waals surface area contributed by atoms with E-state index >= 15 is 0 Å². The third-order valence-corrected chi connectivity index (χ3v) is 5.45. The number of benzene rings is 3. The summed E-state index contributed by atoms with van der Waals surface area (Å²) in [5.74, 6) is 0.631. The Balaban J connectivity index is 1.74. The quantitative estimate of drug-likeness (QED) is 0.738. The number of amides is 1. The van der Waals surface area contributed by atoms with Gasteiger partial charge in [-0.3, -0.25) is 4.79 Å². The second-order valence-electron chi connectivity index (χ2n) is 7.09. The van der Waals surface area contributed by atoms with E-state index in [4.69, 9.17) is 4.74 Å². The predicted molar refractivity (Wildman–Crippen MR) is 108 cm³/mol. The molecule has 0 radical (unpaired) electrons. The fourth-order valence-corrected chi connectivity index (χ4v) is 4.00. The second-order valence-corrected chi connectivity index (χ2v) is 7.09. The minimum atomic E-state index is -1.47. The fraction of sp³-hybridized carbons (Fsp3) is 0.208. The van der Waals surface area contributed by atoms with E-state index in [-0.39, 0.29) is 5.91 Å². The maximum atomic E-state index is 13.2. The van der Waals surface area contributed by atoms with Gasteiger partial charge in [-0.15, -0.1) is 0 Å². The minimum Gasteiger partial charge on any atom is -0.497 e. The largest absolute Gasteiger partial charge is 0.497 e. The van der Waals surface area contributed by atoms with Crippen LogP contribution in [0.4, 0.5) is 0 Å². The molecule has 28 heavy (non-hydrogen) atoms. The van der Waals surface area contributed by atoms with Crippen LogP contribution in [0.2, 0.25) is 0 Å². The van der Waals surface area contributed by atoms with E-state index in [0.717, 1.165) is 22.4 Å². The van der Waals surface area contributed by atoms with Crippen molar-refractivity contribution in [2.45, 2.75) is 19.1 Å². The lowest BCUT2D eigenvalue weighted by Gasteiger charge is -2.36. The van der Waals surface area contributed by atoms with Crippen LogP contribution in [-0.4, -0.2) is 29.6 Å². The zero-order chi connectivity index (χ0) is 19.7. The van der Waals surface area contributed by atoms with Crippen molar-refractivity contribution in [2.24, 2.45) is 0 Å². The molecule has 1 aliphatic heterocycles. The van der Waals surface area contributed by atoms with Gasteiger partial charge in [0.15, 0.2) is 5.72 Å². The monoisotopic (exact) mass is 373 g/mol. The molecule has 4 heteroatoms. The highest BCUT2D eigenvalue weighted by atomic mass is 16.5. The lowest BCUT2D eigenvalue weighted by Crippen LogP contribution is -2.46. The number of ether oxygens (including phenoxy) is 1. The molecule has 0 aromatic heterocycles. The maximum absolute atomic E-state index is 13.2. The topological polar surface area (TPSA) is 49.8 Å². The van der Waals surface area contributed by atoms with Crippen LogP contribution in [0.25, 0.3) is 0 Å². The number of rotatable bonds is 5. The highest BCUT2D eigenvalue weighted by Gasteiger charge is 2.49. The molecule has 0 spiro atoms. The molecule has 3 aromatic carbocycles. The molecule has 0 bridgehead atoms. The van der Waals surface area contributed by atoms with E-state index in [9.17, 15) is 9.90 Å². The number of aliphatic hydroxyl groups is 1. The van der Waals surface area contributed by atoms with Gasteiger partial charge >= 0.3 is 0 Å². The van der Waals surface area contributed by atoms with Crippen molar-refractivity contribution in [3.63, 3.8) is 0 Å². The van der Waals surface area contributed by atoms with E-state index in [2.05, 4.69) is 0 Å². The zero-order valence-corrected chi connectivity index (χ0v) is 16.1. The maximum Gasteiger partial charge on any atom is 0.257 e. The Bertz CT molecular complexity index is 1030. The van der Waals surface area contributed by atoms with Crippen molar-refractivity contribution < 1.29 is 14.6 Å². The summed E-state index contributed by atoms with van der Waals surface area (Å²) >= 11 is 0. The molecule has 0 fully saturated rings. The smallest absolute Gasteiger partial charge is 0.257 e. The summed E-state index contributed by atoms with van der Waals surface area (Å²) in [5.41, 5.74) is 2.45. The lowest BCUT2D eigenvalue weighted by atomic mass is 9.90. The van der Waals surface area contributed by atoms with Crippen molar-refractivity contribution in [1.29, 1.82) is 0 Å². The second kappa shape index (κ2) is 7.13. The van der Waals surface area contributed by atoms with Crippen LogP contribution in [0, 0.1) is 6.92 Å². The molecule has 0 aliphatic carbocycles. The predicted octanol–water partition coefficient (Wildman–Crippen LogP) is 3.90. The van der Waals surface area contributed by atoms with Gasteiger partial charge in [0.2, 0.25) is 0 Å². The summed E-state index contributed by atoms with van der Waals surface area (Å²) in [6, 6.07) is 22.8. The van der Waals surface area contributed by atoms with E-state index in [1.165, 1.54) is 0 Å². The number of hydrogen-bond acceptors (Lipinski definition) is 3. The van der Waals surface area contributed by atoms with Crippen LogP contribution in [0.3, 0.4) is 0 Å². The molecule has 1 unspecified atom stereocenters. The number of aryl methyl sites for hydroxylation is 1. The van der Waals surface area contributed by atoms with Gasteiger partial charge in [0.25, 0.3) is 5.91 Å². The molecule has 142 valence electrons. The first-order valence-corrected chi connectivity index (χ1v) is 9.38. The summed E-state index contributed by atoms with van der Waals surface area (Å²) in [6.45, 7) is 2.35. The van der Waals surface area contributed by atoms with Crippen molar-refractivity contribution in [3.8, 4) is 5.75 Å². The van der Waals surface area contributed by atoms with E-state index in [1.807, 2.05) is 73.7 Å². The first-order chi connectivity index (χ1) is 13.6. The van der Waals surface area contributed by atoms with Crippen LogP contribution in [0.15, 0.2) is 72.8 Å². The SMILES string of the molecule is COc1cccc(CCN2C(=O)c3ccccc3C2(O)c2ccccc2C)c1. The lowest BCUT2D eigenvalue weighted by molar-refractivity contribution is -0.0497. The first kappa shape index (κ1) is 18.3. The first-order valence-electron chi connectivity index (χ1n) is 9.38. The van der Waals surface area contributed by atoms with Gasteiger partial charge < -0.3 is 14.7 Å². The van der Waals surface area contributed by atoms with E-state index in [1.54, 1.807) is 18.1 Å². The average Bonchev–Trinajstić information content (AvgIpc) is 2.95. The molecule has 0 saturated carbocycles.